The van der Waals surface area contributed by atoms with E-state index < -0.39 is 11.9 Å². The van der Waals surface area contributed by atoms with Crippen molar-refractivity contribution >= 4 is 24.2 Å². The van der Waals surface area contributed by atoms with E-state index in [1.165, 1.54) is 4.90 Å². The molecule has 1 atom stereocenters. The van der Waals surface area contributed by atoms with E-state index in [-0.39, 0.29) is 24.7 Å². The number of ether oxygens (including phenoxy) is 1. The molecular formula is C13H20ClN3O3. The van der Waals surface area contributed by atoms with Gasteiger partial charge in [0.25, 0.3) is 0 Å². The Morgan fingerprint density at radius 2 is 1.85 bits per heavy atom. The van der Waals surface area contributed by atoms with Crippen LogP contribution in [0.15, 0.2) is 24.3 Å². The van der Waals surface area contributed by atoms with E-state index in [0.717, 1.165) is 11.3 Å². The molecule has 1 unspecified atom stereocenters. The van der Waals surface area contributed by atoms with Gasteiger partial charge in [-0.25, -0.2) is 0 Å². The molecule has 20 heavy (non-hydrogen) atoms. The number of carbonyl (C=O) groups is 2. The highest BCUT2D eigenvalue weighted by Gasteiger charge is 2.19. The van der Waals surface area contributed by atoms with Crippen LogP contribution in [-0.4, -0.2) is 36.9 Å². The van der Waals surface area contributed by atoms with Gasteiger partial charge in [0.05, 0.1) is 19.6 Å². The van der Waals surface area contributed by atoms with Gasteiger partial charge in [-0.2, -0.15) is 0 Å². The SMILES string of the molecule is COc1ccc(CN(C)C(=O)C(N)CC(N)=O)cc1.Cl. The summed E-state index contributed by atoms with van der Waals surface area (Å²) in [5, 5.41) is 0. The van der Waals surface area contributed by atoms with E-state index in [4.69, 9.17) is 16.2 Å². The number of methoxy groups -OCH3 is 1. The summed E-state index contributed by atoms with van der Waals surface area (Å²) in [7, 11) is 3.22. The van der Waals surface area contributed by atoms with Gasteiger partial charge in [0, 0.05) is 13.6 Å². The number of primary amides is 1. The molecule has 0 heterocycles. The number of amides is 2. The van der Waals surface area contributed by atoms with Gasteiger partial charge in [0.15, 0.2) is 0 Å². The van der Waals surface area contributed by atoms with Crippen molar-refractivity contribution in [1.82, 2.24) is 4.90 Å². The first-order valence-corrected chi connectivity index (χ1v) is 5.86. The Kier molecular flexibility index (Phi) is 7.64. The molecule has 7 heteroatoms. The number of nitrogens with zero attached hydrogens (tertiary/aromatic N) is 1. The molecule has 4 N–H and O–H groups in total. The Morgan fingerprint density at radius 3 is 2.30 bits per heavy atom. The average molecular weight is 302 g/mol. The normalized spacial score (nSPS) is 11.2. The summed E-state index contributed by atoms with van der Waals surface area (Å²) in [4.78, 5) is 24.1. The van der Waals surface area contributed by atoms with Gasteiger partial charge >= 0.3 is 0 Å². The van der Waals surface area contributed by atoms with Crippen LogP contribution in [0.2, 0.25) is 0 Å². The molecule has 2 amide bonds. The van der Waals surface area contributed by atoms with Crippen LogP contribution in [0, 0.1) is 0 Å². The maximum Gasteiger partial charge on any atom is 0.240 e. The molecule has 112 valence electrons. The molecule has 0 aliphatic carbocycles. The minimum atomic E-state index is -0.888. The van der Waals surface area contributed by atoms with Crippen molar-refractivity contribution in [2.24, 2.45) is 11.5 Å². The maximum absolute atomic E-state index is 11.9. The van der Waals surface area contributed by atoms with Crippen molar-refractivity contribution in [3.8, 4) is 5.75 Å². The lowest BCUT2D eigenvalue weighted by Gasteiger charge is -2.20. The summed E-state index contributed by atoms with van der Waals surface area (Å²) in [6, 6.07) is 6.47. The van der Waals surface area contributed by atoms with Crippen molar-refractivity contribution in [3.05, 3.63) is 29.8 Å². The van der Waals surface area contributed by atoms with Crippen LogP contribution in [-0.2, 0) is 16.1 Å². The molecule has 0 saturated carbocycles. The Bertz CT molecular complexity index is 451. The molecule has 6 nitrogen and oxygen atoms in total. The van der Waals surface area contributed by atoms with E-state index in [1.54, 1.807) is 14.2 Å². The van der Waals surface area contributed by atoms with Crippen LogP contribution >= 0.6 is 12.4 Å². The number of rotatable bonds is 6. The van der Waals surface area contributed by atoms with Crippen molar-refractivity contribution in [2.75, 3.05) is 14.2 Å². The summed E-state index contributed by atoms with van der Waals surface area (Å²) in [6.45, 7) is 0.412. The third kappa shape index (κ3) is 5.46. The van der Waals surface area contributed by atoms with Gasteiger partial charge in [-0.15, -0.1) is 12.4 Å². The summed E-state index contributed by atoms with van der Waals surface area (Å²) in [5.74, 6) is -0.142. The first-order valence-electron chi connectivity index (χ1n) is 5.86. The fourth-order valence-corrected chi connectivity index (χ4v) is 1.67. The van der Waals surface area contributed by atoms with Crippen molar-refractivity contribution in [2.45, 2.75) is 19.0 Å². The monoisotopic (exact) mass is 301 g/mol. The van der Waals surface area contributed by atoms with Crippen LogP contribution in [0.4, 0.5) is 0 Å². The lowest BCUT2D eigenvalue weighted by atomic mass is 10.1. The first-order chi connectivity index (χ1) is 8.93. The van der Waals surface area contributed by atoms with Crippen molar-refractivity contribution < 1.29 is 14.3 Å². The zero-order chi connectivity index (χ0) is 14.4. The Morgan fingerprint density at radius 1 is 1.30 bits per heavy atom. The third-order valence-corrected chi connectivity index (χ3v) is 2.69. The van der Waals surface area contributed by atoms with Crippen molar-refractivity contribution in [3.63, 3.8) is 0 Å². The summed E-state index contributed by atoms with van der Waals surface area (Å²) < 4.78 is 5.05. The Balaban J connectivity index is 0.00000361. The molecule has 0 aromatic heterocycles. The molecule has 0 bridgehead atoms. The van der Waals surface area contributed by atoms with Crippen LogP contribution in [0.25, 0.3) is 0 Å². The topological polar surface area (TPSA) is 98.7 Å². The molecule has 1 aromatic rings. The Labute approximate surface area is 124 Å². The largest absolute Gasteiger partial charge is 0.497 e. The molecule has 0 fully saturated rings. The number of likely N-dealkylation sites (N-methyl/N-ethyl adjacent to an activating group) is 1. The summed E-state index contributed by atoms with van der Waals surface area (Å²) >= 11 is 0. The second kappa shape index (κ2) is 8.39. The van der Waals surface area contributed by atoms with Crippen LogP contribution < -0.4 is 16.2 Å². The van der Waals surface area contributed by atoms with Gasteiger partial charge in [-0.3, -0.25) is 9.59 Å². The Hall–Kier alpha value is -1.79. The molecule has 1 rings (SSSR count). The quantitative estimate of drug-likeness (QED) is 0.788. The molecule has 0 saturated heterocycles. The standard InChI is InChI=1S/C13H19N3O3.ClH/c1-16(13(18)11(14)7-12(15)17)8-9-3-5-10(19-2)6-4-9;/h3-6,11H,7-8,14H2,1-2H3,(H2,15,17);1H. The molecule has 0 aliphatic heterocycles. The predicted octanol–water partition coefficient (Wildman–Crippen LogP) is 0.278. The lowest BCUT2D eigenvalue weighted by molar-refractivity contribution is -0.133. The van der Waals surface area contributed by atoms with Gasteiger partial charge in [-0.1, -0.05) is 12.1 Å². The average Bonchev–Trinajstić information content (AvgIpc) is 2.37. The molecular weight excluding hydrogens is 282 g/mol. The zero-order valence-corrected chi connectivity index (χ0v) is 12.4. The van der Waals surface area contributed by atoms with Crippen LogP contribution in [0.1, 0.15) is 12.0 Å². The minimum absolute atomic E-state index is 0. The van der Waals surface area contributed by atoms with Gasteiger partial charge in [0.2, 0.25) is 11.8 Å². The highest BCUT2D eigenvalue weighted by Crippen LogP contribution is 2.12. The second-order valence-electron chi connectivity index (χ2n) is 4.32. The van der Waals surface area contributed by atoms with Gasteiger partial charge in [0.1, 0.15) is 5.75 Å². The van der Waals surface area contributed by atoms with E-state index in [1.807, 2.05) is 24.3 Å². The highest BCUT2D eigenvalue weighted by atomic mass is 35.5. The third-order valence-electron chi connectivity index (χ3n) is 2.69. The van der Waals surface area contributed by atoms with E-state index in [9.17, 15) is 9.59 Å². The van der Waals surface area contributed by atoms with E-state index >= 15 is 0 Å². The molecule has 0 aliphatic rings. The first kappa shape index (κ1) is 18.2. The molecule has 0 radical (unpaired) electrons. The maximum atomic E-state index is 11.9. The fraction of sp³-hybridized carbons (Fsp3) is 0.385. The molecule has 0 spiro atoms. The number of hydrogen-bond acceptors (Lipinski definition) is 4. The second-order valence-corrected chi connectivity index (χ2v) is 4.32. The minimum Gasteiger partial charge on any atom is -0.497 e. The molecule has 1 aromatic carbocycles. The van der Waals surface area contributed by atoms with E-state index in [2.05, 4.69) is 0 Å². The number of hydrogen-bond donors (Lipinski definition) is 2. The van der Waals surface area contributed by atoms with Crippen LogP contribution in [0.3, 0.4) is 0 Å². The van der Waals surface area contributed by atoms with Gasteiger partial charge in [-0.05, 0) is 17.7 Å². The van der Waals surface area contributed by atoms with Gasteiger partial charge < -0.3 is 21.1 Å². The fourth-order valence-electron chi connectivity index (χ4n) is 1.67. The van der Waals surface area contributed by atoms with Crippen LogP contribution in [0.5, 0.6) is 5.75 Å². The van der Waals surface area contributed by atoms with E-state index in [0.29, 0.717) is 6.54 Å². The highest BCUT2D eigenvalue weighted by molar-refractivity contribution is 5.87. The lowest BCUT2D eigenvalue weighted by Crippen LogP contribution is -2.43. The number of benzene rings is 1. The summed E-state index contributed by atoms with van der Waals surface area (Å²) in [5.41, 5.74) is 11.6. The predicted molar refractivity (Wildman–Crippen MR) is 78.5 cm³/mol. The zero-order valence-electron chi connectivity index (χ0n) is 11.5. The smallest absolute Gasteiger partial charge is 0.240 e. The number of carbonyl (C=O) groups excluding carboxylic acids is 2. The number of nitrogens with two attached hydrogens (primary N) is 2. The number of halogens is 1. The van der Waals surface area contributed by atoms with Crippen molar-refractivity contribution in [1.29, 1.82) is 0 Å². The summed E-state index contributed by atoms with van der Waals surface area (Å²) in [6.07, 6.45) is -0.147.